The molecule has 0 spiro atoms. The number of rotatable bonds is 11. The van der Waals surface area contributed by atoms with Gasteiger partial charge in [0.25, 0.3) is 0 Å². The van der Waals surface area contributed by atoms with Crippen LogP contribution >= 0.6 is 0 Å². The molecule has 0 saturated carbocycles. The first-order chi connectivity index (χ1) is 14.2. The Morgan fingerprint density at radius 2 is 2.03 bits per heavy atom. The first-order valence-electron chi connectivity index (χ1n) is 10.4. The third kappa shape index (κ3) is 10.2. The number of aryl methyl sites for hydroxylation is 1. The maximum atomic E-state index is 12.3. The van der Waals surface area contributed by atoms with E-state index >= 15 is 0 Å². The monoisotopic (exact) mass is 414 g/mol. The van der Waals surface area contributed by atoms with Crippen LogP contribution in [0.15, 0.2) is 12.1 Å². The van der Waals surface area contributed by atoms with Crippen LogP contribution in [0.1, 0.15) is 76.8 Å². The van der Waals surface area contributed by atoms with Crippen LogP contribution in [0.25, 0.3) is 0 Å². The predicted molar refractivity (Wildman–Crippen MR) is 117 cm³/mol. The average Bonchev–Trinajstić information content (AvgIpc) is 2.66. The van der Waals surface area contributed by atoms with E-state index in [1.165, 1.54) is 7.11 Å². The van der Waals surface area contributed by atoms with Gasteiger partial charge in [0.1, 0.15) is 0 Å². The molecule has 0 bridgehead atoms. The number of hydrogen-bond acceptors (Lipinski definition) is 5. The van der Waals surface area contributed by atoms with Crippen LogP contribution in [-0.2, 0) is 11.2 Å². The first kappa shape index (κ1) is 25.3. The number of amides is 1. The minimum atomic E-state index is -0.683. The van der Waals surface area contributed by atoms with Crippen molar-refractivity contribution in [3.05, 3.63) is 23.3 Å². The van der Waals surface area contributed by atoms with E-state index in [4.69, 9.17) is 10.00 Å². The molecule has 6 heteroatoms. The van der Waals surface area contributed by atoms with Crippen LogP contribution in [-0.4, -0.2) is 34.9 Å². The zero-order valence-electron chi connectivity index (χ0n) is 18.5. The Kier molecular flexibility index (Phi) is 10.8. The van der Waals surface area contributed by atoms with E-state index in [0.29, 0.717) is 49.8 Å². The number of aliphatic hydroxyl groups is 1. The summed E-state index contributed by atoms with van der Waals surface area (Å²) >= 11 is 0. The highest BCUT2D eigenvalue weighted by Gasteiger charge is 2.14. The molecule has 0 saturated heterocycles. The Labute approximate surface area is 180 Å². The molecule has 0 aliphatic carbocycles. The molecule has 0 aliphatic rings. The number of carbonyl (C=O) groups is 1. The van der Waals surface area contributed by atoms with Crippen LogP contribution in [0.5, 0.6) is 11.5 Å². The van der Waals surface area contributed by atoms with Gasteiger partial charge in [-0.25, -0.2) is 0 Å². The van der Waals surface area contributed by atoms with Crippen LogP contribution in [0.2, 0.25) is 0 Å². The molecule has 1 aromatic rings. The summed E-state index contributed by atoms with van der Waals surface area (Å²) in [5, 5.41) is 31.6. The Morgan fingerprint density at radius 1 is 1.30 bits per heavy atom. The van der Waals surface area contributed by atoms with Gasteiger partial charge < -0.3 is 20.3 Å². The molecule has 1 atom stereocenters. The number of nitriles is 1. The van der Waals surface area contributed by atoms with E-state index in [0.717, 1.165) is 18.4 Å². The zero-order chi connectivity index (χ0) is 22.6. The second-order valence-corrected chi connectivity index (χ2v) is 8.18. The molecule has 0 aliphatic heterocycles. The van der Waals surface area contributed by atoms with Crippen LogP contribution < -0.4 is 10.1 Å². The summed E-state index contributed by atoms with van der Waals surface area (Å²) in [6.07, 6.45) is 4.89. The molecular formula is C24H34N2O4. The molecule has 164 valence electrons. The van der Waals surface area contributed by atoms with Gasteiger partial charge in [0, 0.05) is 25.3 Å². The number of nitrogens with zero attached hydrogens (tertiary/aromatic N) is 1. The van der Waals surface area contributed by atoms with Gasteiger partial charge in [-0.2, -0.15) is 5.26 Å². The van der Waals surface area contributed by atoms with Gasteiger partial charge in [-0.15, -0.1) is 0 Å². The molecule has 1 amide bonds. The molecule has 0 aromatic heterocycles. The number of benzene rings is 1. The van der Waals surface area contributed by atoms with Gasteiger partial charge in [-0.3, -0.25) is 4.79 Å². The molecule has 1 aromatic carbocycles. The van der Waals surface area contributed by atoms with Crippen LogP contribution in [0.3, 0.4) is 0 Å². The van der Waals surface area contributed by atoms with Crippen molar-refractivity contribution in [3.8, 4) is 29.4 Å². The SMILES string of the molecule is COc1cc(CCC(=O)NC(C)CCCC(C)(C)O)cc(C#CCCCC#N)c1O. The number of hydrogen-bond donors (Lipinski definition) is 3. The number of unbranched alkanes of at least 4 members (excludes halogenated alkanes) is 2. The largest absolute Gasteiger partial charge is 0.503 e. The third-order valence-corrected chi connectivity index (χ3v) is 4.64. The molecule has 0 fully saturated rings. The van der Waals surface area contributed by atoms with Crippen LogP contribution in [0, 0.1) is 23.2 Å². The van der Waals surface area contributed by atoms with Gasteiger partial charge in [0.05, 0.1) is 24.3 Å². The second-order valence-electron chi connectivity index (χ2n) is 8.18. The fourth-order valence-electron chi connectivity index (χ4n) is 2.99. The van der Waals surface area contributed by atoms with Gasteiger partial charge in [0.15, 0.2) is 11.5 Å². The normalized spacial score (nSPS) is 11.7. The molecule has 1 rings (SSSR count). The van der Waals surface area contributed by atoms with Gasteiger partial charge in [-0.05, 0) is 70.6 Å². The molecule has 0 heterocycles. The minimum absolute atomic E-state index is 0.0149. The molecule has 0 radical (unpaired) electrons. The van der Waals surface area contributed by atoms with Crippen molar-refractivity contribution in [1.82, 2.24) is 5.32 Å². The van der Waals surface area contributed by atoms with Crippen molar-refractivity contribution < 1.29 is 19.7 Å². The van der Waals surface area contributed by atoms with Crippen molar-refractivity contribution >= 4 is 5.91 Å². The Balaban J connectivity index is 2.64. The predicted octanol–water partition coefficient (Wildman–Crippen LogP) is 3.82. The standard InChI is InChI=1S/C24H34N2O4/c1-18(10-9-14-24(2,3)29)26-22(27)13-12-19-16-20(11-7-5-6-8-15-25)23(28)21(17-19)30-4/h16-18,28-29H,5-6,8-10,12-14H2,1-4H3,(H,26,27). The third-order valence-electron chi connectivity index (χ3n) is 4.64. The van der Waals surface area contributed by atoms with Crippen molar-refractivity contribution in [2.45, 2.75) is 83.8 Å². The van der Waals surface area contributed by atoms with Crippen molar-refractivity contribution in [3.63, 3.8) is 0 Å². The summed E-state index contributed by atoms with van der Waals surface area (Å²) in [5.74, 6) is 6.17. The average molecular weight is 415 g/mol. The Bertz CT molecular complexity index is 794. The first-order valence-corrected chi connectivity index (χ1v) is 10.4. The van der Waals surface area contributed by atoms with E-state index in [1.54, 1.807) is 26.0 Å². The lowest BCUT2D eigenvalue weighted by Crippen LogP contribution is -2.33. The maximum absolute atomic E-state index is 12.3. The summed E-state index contributed by atoms with van der Waals surface area (Å²) < 4.78 is 5.23. The topological polar surface area (TPSA) is 103 Å². The Hall–Kier alpha value is -2.70. The number of carbonyl (C=O) groups excluding carboxylic acids is 1. The van der Waals surface area contributed by atoms with Gasteiger partial charge in [0.2, 0.25) is 5.91 Å². The number of aromatic hydroxyl groups is 1. The highest BCUT2D eigenvalue weighted by atomic mass is 16.5. The maximum Gasteiger partial charge on any atom is 0.220 e. The number of ether oxygens (including phenoxy) is 1. The number of methoxy groups -OCH3 is 1. The summed E-state index contributed by atoms with van der Waals surface area (Å²) in [5.41, 5.74) is 0.635. The highest BCUT2D eigenvalue weighted by Crippen LogP contribution is 2.31. The lowest BCUT2D eigenvalue weighted by atomic mass is 9.99. The minimum Gasteiger partial charge on any atom is -0.503 e. The van der Waals surface area contributed by atoms with E-state index in [9.17, 15) is 15.0 Å². The summed E-state index contributed by atoms with van der Waals surface area (Å²) in [6.45, 7) is 5.53. The smallest absolute Gasteiger partial charge is 0.220 e. The number of phenolic OH excluding ortho intramolecular Hbond substituents is 1. The molecule has 3 N–H and O–H groups in total. The summed E-state index contributed by atoms with van der Waals surface area (Å²) in [7, 11) is 1.48. The van der Waals surface area contributed by atoms with Gasteiger partial charge in [-0.1, -0.05) is 11.8 Å². The zero-order valence-corrected chi connectivity index (χ0v) is 18.5. The fraction of sp³-hybridized carbons (Fsp3) is 0.583. The number of phenols is 1. The quantitative estimate of drug-likeness (QED) is 0.377. The number of nitrogens with one attached hydrogen (secondary N) is 1. The van der Waals surface area contributed by atoms with Gasteiger partial charge >= 0.3 is 0 Å². The van der Waals surface area contributed by atoms with E-state index < -0.39 is 5.60 Å². The van der Waals surface area contributed by atoms with Crippen molar-refractivity contribution in [1.29, 1.82) is 5.26 Å². The van der Waals surface area contributed by atoms with Crippen LogP contribution in [0.4, 0.5) is 0 Å². The van der Waals surface area contributed by atoms with E-state index in [-0.39, 0.29) is 17.7 Å². The van der Waals surface area contributed by atoms with E-state index in [2.05, 4.69) is 23.2 Å². The Morgan fingerprint density at radius 3 is 2.67 bits per heavy atom. The summed E-state index contributed by atoms with van der Waals surface area (Å²) in [6, 6.07) is 5.61. The lowest BCUT2D eigenvalue weighted by molar-refractivity contribution is -0.121. The molecule has 6 nitrogen and oxygen atoms in total. The molecular weight excluding hydrogens is 380 g/mol. The summed E-state index contributed by atoms with van der Waals surface area (Å²) in [4.78, 5) is 12.3. The lowest BCUT2D eigenvalue weighted by Gasteiger charge is -2.19. The fourth-order valence-corrected chi connectivity index (χ4v) is 2.99. The second kappa shape index (κ2) is 12.8. The van der Waals surface area contributed by atoms with E-state index in [1.807, 2.05) is 6.92 Å². The van der Waals surface area contributed by atoms with Crippen molar-refractivity contribution in [2.75, 3.05) is 7.11 Å². The molecule has 30 heavy (non-hydrogen) atoms. The molecule has 1 unspecified atom stereocenters. The van der Waals surface area contributed by atoms with Crippen molar-refractivity contribution in [2.24, 2.45) is 0 Å². The highest BCUT2D eigenvalue weighted by molar-refractivity contribution is 5.76.